The van der Waals surface area contributed by atoms with Crippen molar-refractivity contribution in [2.24, 2.45) is 0 Å². The maximum Gasteiger partial charge on any atom is 0.244 e. The molecule has 154 valence electrons. The third-order valence-electron chi connectivity index (χ3n) is 6.16. The van der Waals surface area contributed by atoms with Gasteiger partial charge in [0.05, 0.1) is 0 Å². The second-order valence-electron chi connectivity index (χ2n) is 8.81. The number of rotatable bonds is 4. The first-order chi connectivity index (χ1) is 14.8. The summed E-state index contributed by atoms with van der Waals surface area (Å²) in [6, 6.07) is 24.9. The minimum Gasteiger partial charge on any atom is -0.305 e. The molecule has 0 aliphatic heterocycles. The molecule has 0 N–H and O–H groups in total. The van der Waals surface area contributed by atoms with Gasteiger partial charge in [0.2, 0.25) is 6.71 Å². The molecule has 1 aromatic heterocycles. The van der Waals surface area contributed by atoms with E-state index in [0.29, 0.717) is 0 Å². The maximum atomic E-state index is 4.84. The molecule has 0 spiro atoms. The average molecular weight is 402 g/mol. The van der Waals surface area contributed by atoms with Gasteiger partial charge in [0, 0.05) is 6.20 Å². The Bertz CT molecular complexity index is 1120. The summed E-state index contributed by atoms with van der Waals surface area (Å²) >= 11 is 0. The highest BCUT2D eigenvalue weighted by atomic mass is 14.7. The number of pyridine rings is 1. The number of aryl methyl sites for hydroxylation is 6. The minimum absolute atomic E-state index is 0.155. The Morgan fingerprint density at radius 2 is 1.23 bits per heavy atom. The molecular weight excluding hydrogens is 373 g/mol. The van der Waals surface area contributed by atoms with E-state index in [0.717, 1.165) is 11.3 Å². The van der Waals surface area contributed by atoms with Crippen molar-refractivity contribution < 1.29 is 0 Å². The van der Waals surface area contributed by atoms with Gasteiger partial charge in [-0.2, -0.15) is 0 Å². The summed E-state index contributed by atoms with van der Waals surface area (Å²) in [4.78, 5) is 4.84. The summed E-state index contributed by atoms with van der Waals surface area (Å²) in [5.41, 5.74) is 13.9. The van der Waals surface area contributed by atoms with Crippen LogP contribution in [-0.4, -0.2) is 11.7 Å². The lowest BCUT2D eigenvalue weighted by atomic mass is 9.34. The number of nitrogens with zero attached hydrogens (tertiary/aromatic N) is 1. The molecule has 2 heteroatoms. The molecule has 1 nitrogen and oxygen atoms in total. The number of benzene rings is 3. The van der Waals surface area contributed by atoms with Crippen LogP contribution in [-0.2, 0) is 0 Å². The Balaban J connectivity index is 1.92. The van der Waals surface area contributed by atoms with E-state index in [4.69, 9.17) is 4.98 Å². The van der Waals surface area contributed by atoms with Crippen molar-refractivity contribution in [2.45, 2.75) is 41.5 Å². The van der Waals surface area contributed by atoms with Gasteiger partial charge in [-0.15, -0.1) is 35.9 Å². The summed E-state index contributed by atoms with van der Waals surface area (Å²) < 4.78 is 0. The van der Waals surface area contributed by atoms with Gasteiger partial charge in [0.15, 0.2) is 0 Å². The summed E-state index contributed by atoms with van der Waals surface area (Å²) in [6.07, 6.45) is 2.05. The molecule has 1 heterocycles. The third-order valence-corrected chi connectivity index (χ3v) is 6.16. The lowest BCUT2D eigenvalue weighted by Crippen LogP contribution is -2.56. The summed E-state index contributed by atoms with van der Waals surface area (Å²) in [5, 5.41) is 0. The van der Waals surface area contributed by atoms with Crippen molar-refractivity contribution in [3.05, 3.63) is 106 Å². The molecular formula is C29H29BN-. The Labute approximate surface area is 187 Å². The van der Waals surface area contributed by atoms with Crippen LogP contribution in [0.1, 0.15) is 33.4 Å². The van der Waals surface area contributed by atoms with Crippen molar-refractivity contribution >= 4 is 23.1 Å². The molecule has 0 aliphatic rings. The standard InChI is InChI=1S/C29H29BN/c1-19-14-21(3)28(22(4)15-19)30(29-23(5)16-20(2)17-24(29)6)26-12-13-27(31-18-26)25-10-8-7-9-11-25/h7-10,12-18H,1-6H3/q-1. The fourth-order valence-corrected chi connectivity index (χ4v) is 5.06. The van der Waals surface area contributed by atoms with Crippen LogP contribution in [0.2, 0.25) is 0 Å². The van der Waals surface area contributed by atoms with E-state index in [1.165, 1.54) is 49.8 Å². The molecule has 0 unspecified atom stereocenters. The van der Waals surface area contributed by atoms with Gasteiger partial charge >= 0.3 is 0 Å². The second-order valence-corrected chi connectivity index (χ2v) is 8.81. The first kappa shape index (κ1) is 21.1. The molecule has 0 bridgehead atoms. The highest BCUT2D eigenvalue weighted by Crippen LogP contribution is 2.16. The lowest BCUT2D eigenvalue weighted by Gasteiger charge is -2.24. The predicted octanol–water partition coefficient (Wildman–Crippen LogP) is 4.92. The van der Waals surface area contributed by atoms with E-state index in [9.17, 15) is 0 Å². The van der Waals surface area contributed by atoms with Crippen molar-refractivity contribution in [2.75, 3.05) is 0 Å². The van der Waals surface area contributed by atoms with Crippen molar-refractivity contribution in [1.29, 1.82) is 0 Å². The zero-order chi connectivity index (χ0) is 22.1. The van der Waals surface area contributed by atoms with E-state index in [1.807, 2.05) is 18.2 Å². The molecule has 0 radical (unpaired) electrons. The predicted molar refractivity (Wildman–Crippen MR) is 134 cm³/mol. The van der Waals surface area contributed by atoms with Gasteiger partial charge in [-0.05, 0) is 47.2 Å². The molecule has 0 aliphatic carbocycles. The Morgan fingerprint density at radius 3 is 1.65 bits per heavy atom. The molecule has 4 aromatic rings. The van der Waals surface area contributed by atoms with Crippen molar-refractivity contribution in [3.63, 3.8) is 0 Å². The molecule has 0 amide bonds. The van der Waals surface area contributed by atoms with Crippen LogP contribution in [0.4, 0.5) is 0 Å². The van der Waals surface area contributed by atoms with Gasteiger partial charge in [-0.3, -0.25) is 0 Å². The fourth-order valence-electron chi connectivity index (χ4n) is 5.06. The van der Waals surface area contributed by atoms with Gasteiger partial charge < -0.3 is 4.98 Å². The smallest absolute Gasteiger partial charge is 0.244 e. The van der Waals surface area contributed by atoms with Gasteiger partial charge in [0.25, 0.3) is 0 Å². The lowest BCUT2D eigenvalue weighted by molar-refractivity contribution is 1.32. The van der Waals surface area contributed by atoms with Crippen LogP contribution < -0.4 is 16.4 Å². The van der Waals surface area contributed by atoms with Gasteiger partial charge in [-0.1, -0.05) is 86.2 Å². The average Bonchev–Trinajstić information content (AvgIpc) is 2.72. The summed E-state index contributed by atoms with van der Waals surface area (Å²) in [5.74, 6) is 0. The quantitative estimate of drug-likeness (QED) is 0.349. The second kappa shape index (κ2) is 8.55. The molecule has 4 rings (SSSR count). The van der Waals surface area contributed by atoms with Crippen LogP contribution in [0, 0.1) is 47.6 Å². The number of hydrogen-bond donors (Lipinski definition) is 0. The van der Waals surface area contributed by atoms with Crippen LogP contribution in [0.5, 0.6) is 0 Å². The number of hydrogen-bond acceptors (Lipinski definition) is 1. The zero-order valence-electron chi connectivity index (χ0n) is 19.4. The molecule has 0 saturated heterocycles. The van der Waals surface area contributed by atoms with Crippen LogP contribution >= 0.6 is 0 Å². The van der Waals surface area contributed by atoms with Gasteiger partial charge in [-0.25, -0.2) is 0 Å². The maximum absolute atomic E-state index is 4.84. The third kappa shape index (κ3) is 4.21. The summed E-state index contributed by atoms with van der Waals surface area (Å²) in [7, 11) is 0. The molecule has 0 saturated carbocycles. The highest BCUT2D eigenvalue weighted by Gasteiger charge is 2.28. The van der Waals surface area contributed by atoms with Crippen molar-refractivity contribution in [3.8, 4) is 11.3 Å². The van der Waals surface area contributed by atoms with E-state index < -0.39 is 0 Å². The molecule has 0 atom stereocenters. The monoisotopic (exact) mass is 402 g/mol. The summed E-state index contributed by atoms with van der Waals surface area (Å²) in [6.45, 7) is 13.5. The largest absolute Gasteiger partial charge is 0.305 e. The first-order valence-electron chi connectivity index (χ1n) is 10.9. The van der Waals surface area contributed by atoms with Gasteiger partial charge in [0.1, 0.15) is 0 Å². The SMILES string of the molecule is Cc1cc(C)c(B(c2ccc(-c3[c-]cccc3)nc2)c2c(C)cc(C)cc2C)c(C)c1. The zero-order valence-corrected chi connectivity index (χ0v) is 19.4. The molecule has 0 fully saturated rings. The number of aromatic nitrogens is 1. The first-order valence-corrected chi connectivity index (χ1v) is 10.9. The van der Waals surface area contributed by atoms with Crippen molar-refractivity contribution in [1.82, 2.24) is 4.98 Å². The molecule has 3 aromatic carbocycles. The van der Waals surface area contributed by atoms with E-state index in [-0.39, 0.29) is 6.71 Å². The Hall–Kier alpha value is -3.13. The van der Waals surface area contributed by atoms with Crippen LogP contribution in [0.15, 0.2) is 66.9 Å². The normalized spacial score (nSPS) is 10.9. The fraction of sp³-hybridized carbons (Fsp3) is 0.207. The minimum atomic E-state index is 0.155. The Kier molecular flexibility index (Phi) is 5.82. The van der Waals surface area contributed by atoms with E-state index >= 15 is 0 Å². The highest BCUT2D eigenvalue weighted by molar-refractivity contribution is 6.96. The van der Waals surface area contributed by atoms with E-state index in [1.54, 1.807) is 0 Å². The Morgan fingerprint density at radius 1 is 0.677 bits per heavy atom. The molecule has 31 heavy (non-hydrogen) atoms. The topological polar surface area (TPSA) is 12.9 Å². The van der Waals surface area contributed by atoms with Crippen LogP contribution in [0.25, 0.3) is 11.3 Å². The van der Waals surface area contributed by atoms with Crippen LogP contribution in [0.3, 0.4) is 0 Å². The van der Waals surface area contributed by atoms with E-state index in [2.05, 4.69) is 96.3 Å².